The average molecular weight is 481 g/mol. The van der Waals surface area contributed by atoms with E-state index in [1.54, 1.807) is 4.90 Å². The molecule has 0 radical (unpaired) electrons. The molecule has 4 rings (SSSR count). The van der Waals surface area contributed by atoms with Crippen LogP contribution in [0.3, 0.4) is 0 Å². The van der Waals surface area contributed by atoms with Gasteiger partial charge in [0, 0.05) is 23.9 Å². The first kappa shape index (κ1) is 24.2. The minimum Gasteiger partial charge on any atom is -0.474 e. The number of aliphatic hydroxyl groups excluding tert-OH is 1. The molecule has 1 saturated heterocycles. The van der Waals surface area contributed by atoms with E-state index in [0.717, 1.165) is 34.4 Å². The van der Waals surface area contributed by atoms with Crippen molar-refractivity contribution in [3.63, 3.8) is 0 Å². The monoisotopic (exact) mass is 480 g/mol. The summed E-state index contributed by atoms with van der Waals surface area (Å²) in [6.07, 6.45) is 0.402. The van der Waals surface area contributed by atoms with Crippen LogP contribution in [-0.4, -0.2) is 46.8 Å². The van der Waals surface area contributed by atoms with Gasteiger partial charge in [-0.15, -0.1) is 0 Å². The molecule has 180 valence electrons. The number of hydrogen-bond donors (Lipinski definition) is 1. The lowest BCUT2D eigenvalue weighted by Crippen LogP contribution is -2.37. The van der Waals surface area contributed by atoms with E-state index < -0.39 is 6.10 Å². The van der Waals surface area contributed by atoms with Gasteiger partial charge in [0.25, 0.3) is 0 Å². The molecule has 2 aromatic carbocycles. The summed E-state index contributed by atoms with van der Waals surface area (Å²) in [5, 5.41) is 12.0. The van der Waals surface area contributed by atoms with Crippen molar-refractivity contribution in [2.24, 2.45) is 0 Å². The van der Waals surface area contributed by atoms with Gasteiger partial charge in [-0.25, -0.2) is 4.79 Å². The number of benzene rings is 2. The Morgan fingerprint density at radius 2 is 1.59 bits per heavy atom. The second-order valence-electron chi connectivity index (χ2n) is 8.91. The molecule has 1 atom stereocenters. The van der Waals surface area contributed by atoms with Gasteiger partial charge in [-0.05, 0) is 55.3 Å². The normalized spacial score (nSPS) is 15.5. The molecule has 34 heavy (non-hydrogen) atoms. The number of hydrogen-bond acceptors (Lipinski definition) is 6. The fraction of sp³-hybridized carbons (Fsp3) is 0.407. The molecular formula is C27H32N2O4S. The molecule has 1 unspecified atom stereocenters. The van der Waals surface area contributed by atoms with E-state index in [9.17, 15) is 9.90 Å². The minimum atomic E-state index is -0.828. The third-order valence-corrected chi connectivity index (χ3v) is 7.30. The number of carbonyl (C=O) groups is 1. The fourth-order valence-electron chi connectivity index (χ4n) is 4.67. The molecule has 1 fully saturated rings. The summed E-state index contributed by atoms with van der Waals surface area (Å²) in [5.74, 6) is 0.441. The van der Waals surface area contributed by atoms with Crippen LogP contribution < -0.4 is 4.74 Å². The lowest BCUT2D eigenvalue weighted by Gasteiger charge is -2.32. The molecule has 1 aromatic heterocycles. The summed E-state index contributed by atoms with van der Waals surface area (Å²) >= 11 is 1.41. The van der Waals surface area contributed by atoms with Gasteiger partial charge in [-0.3, -0.25) is 0 Å². The summed E-state index contributed by atoms with van der Waals surface area (Å²) in [7, 11) is 1.41. The Morgan fingerprint density at radius 1 is 1.03 bits per heavy atom. The van der Waals surface area contributed by atoms with Crippen molar-refractivity contribution in [3.05, 3.63) is 82.2 Å². The predicted molar refractivity (Wildman–Crippen MR) is 134 cm³/mol. The van der Waals surface area contributed by atoms with E-state index in [1.807, 2.05) is 50.2 Å². The maximum absolute atomic E-state index is 12.0. The summed E-state index contributed by atoms with van der Waals surface area (Å²) in [6.45, 7) is 5.17. The van der Waals surface area contributed by atoms with Crippen LogP contribution in [0.1, 0.15) is 66.2 Å². The Balaban J connectivity index is 1.72. The topological polar surface area (TPSA) is 71.9 Å². The number of amides is 1. The molecule has 3 aromatic rings. The molecule has 6 nitrogen and oxygen atoms in total. The van der Waals surface area contributed by atoms with E-state index in [-0.39, 0.29) is 24.0 Å². The number of aliphatic hydroxyl groups is 1. The zero-order valence-corrected chi connectivity index (χ0v) is 20.7. The number of aromatic nitrogens is 1. The molecule has 0 aliphatic carbocycles. The largest absolute Gasteiger partial charge is 0.474 e. The van der Waals surface area contributed by atoms with E-state index in [0.29, 0.717) is 19.0 Å². The van der Waals surface area contributed by atoms with Crippen LogP contribution >= 0.6 is 11.5 Å². The standard InChI is InChI=1S/C27H32N2O4S/c1-18(2)33-26-23(25(34-28-26)21-14-16-29(17-15-21)27(31)32-3)24(30)22(19-10-6-4-7-11-19)20-12-8-5-9-13-20/h4-13,18,21-22,24,30H,14-17H2,1-3H3. The van der Waals surface area contributed by atoms with E-state index in [4.69, 9.17) is 9.47 Å². The second kappa shape index (κ2) is 11.0. The Labute approximate surface area is 205 Å². The van der Waals surface area contributed by atoms with Gasteiger partial charge in [-0.1, -0.05) is 60.7 Å². The first-order valence-electron chi connectivity index (χ1n) is 11.8. The van der Waals surface area contributed by atoms with Gasteiger partial charge in [0.1, 0.15) is 0 Å². The molecule has 7 heteroatoms. The smallest absolute Gasteiger partial charge is 0.409 e. The quantitative estimate of drug-likeness (QED) is 0.467. The summed E-state index contributed by atoms with van der Waals surface area (Å²) in [6, 6.07) is 20.2. The molecular weight excluding hydrogens is 448 g/mol. The number of likely N-dealkylation sites (tertiary alicyclic amines) is 1. The number of nitrogens with zero attached hydrogens (tertiary/aromatic N) is 2. The maximum Gasteiger partial charge on any atom is 0.409 e. The fourth-order valence-corrected chi connectivity index (χ4v) is 5.68. The van der Waals surface area contributed by atoms with Crippen molar-refractivity contribution in [1.82, 2.24) is 9.27 Å². The van der Waals surface area contributed by atoms with Gasteiger partial charge in [0.05, 0.1) is 24.9 Å². The van der Waals surface area contributed by atoms with Crippen molar-refractivity contribution in [2.75, 3.05) is 20.2 Å². The Morgan fingerprint density at radius 3 is 2.09 bits per heavy atom. The maximum atomic E-state index is 12.0. The van der Waals surface area contributed by atoms with Crippen LogP contribution in [0.15, 0.2) is 60.7 Å². The predicted octanol–water partition coefficient (Wildman–Crippen LogP) is 5.74. The molecule has 0 bridgehead atoms. The number of piperidine rings is 1. The van der Waals surface area contributed by atoms with E-state index in [2.05, 4.69) is 28.6 Å². The van der Waals surface area contributed by atoms with Gasteiger partial charge in [0.2, 0.25) is 5.88 Å². The van der Waals surface area contributed by atoms with E-state index in [1.165, 1.54) is 18.6 Å². The van der Waals surface area contributed by atoms with Crippen LogP contribution in [0.5, 0.6) is 5.88 Å². The summed E-state index contributed by atoms with van der Waals surface area (Å²) in [5.41, 5.74) is 2.84. The van der Waals surface area contributed by atoms with Crippen molar-refractivity contribution < 1.29 is 19.4 Å². The molecule has 1 N–H and O–H groups in total. The lowest BCUT2D eigenvalue weighted by molar-refractivity contribution is 0.111. The SMILES string of the molecule is COC(=O)N1CCC(c2snc(OC(C)C)c2C(O)C(c2ccccc2)c2ccccc2)CC1. The van der Waals surface area contributed by atoms with Crippen molar-refractivity contribution >= 4 is 17.6 Å². The van der Waals surface area contributed by atoms with Crippen LogP contribution in [-0.2, 0) is 4.74 Å². The van der Waals surface area contributed by atoms with Gasteiger partial charge < -0.3 is 19.5 Å². The van der Waals surface area contributed by atoms with Crippen LogP contribution in [0.25, 0.3) is 0 Å². The molecule has 1 amide bonds. The van der Waals surface area contributed by atoms with E-state index >= 15 is 0 Å². The first-order chi connectivity index (χ1) is 16.5. The minimum absolute atomic E-state index is 0.0611. The van der Waals surface area contributed by atoms with Crippen molar-refractivity contribution in [3.8, 4) is 5.88 Å². The molecule has 1 aliphatic rings. The van der Waals surface area contributed by atoms with Crippen LogP contribution in [0.2, 0.25) is 0 Å². The lowest BCUT2D eigenvalue weighted by atomic mass is 9.82. The van der Waals surface area contributed by atoms with Gasteiger partial charge >= 0.3 is 6.09 Å². The number of methoxy groups -OCH3 is 1. The first-order valence-corrected chi connectivity index (χ1v) is 12.5. The second-order valence-corrected chi connectivity index (χ2v) is 9.71. The zero-order valence-electron chi connectivity index (χ0n) is 19.9. The highest BCUT2D eigenvalue weighted by Gasteiger charge is 2.35. The summed E-state index contributed by atoms with van der Waals surface area (Å²) in [4.78, 5) is 14.7. The number of rotatable bonds is 7. The Hall–Kier alpha value is -2.90. The highest BCUT2D eigenvalue weighted by molar-refractivity contribution is 7.06. The van der Waals surface area contributed by atoms with Crippen molar-refractivity contribution in [2.45, 2.75) is 50.7 Å². The molecule has 0 saturated carbocycles. The van der Waals surface area contributed by atoms with Gasteiger partial charge in [0.15, 0.2) is 0 Å². The van der Waals surface area contributed by atoms with Crippen LogP contribution in [0, 0.1) is 0 Å². The Kier molecular flexibility index (Phi) is 7.85. The Bertz CT molecular complexity index is 1020. The molecule has 2 heterocycles. The van der Waals surface area contributed by atoms with Gasteiger partial charge in [-0.2, -0.15) is 4.37 Å². The van der Waals surface area contributed by atoms with Crippen LogP contribution in [0.4, 0.5) is 4.79 Å². The number of ether oxygens (including phenoxy) is 2. The average Bonchev–Trinajstić information content (AvgIpc) is 3.28. The third kappa shape index (κ3) is 5.26. The highest BCUT2D eigenvalue weighted by atomic mass is 32.1. The zero-order chi connectivity index (χ0) is 24.1. The highest BCUT2D eigenvalue weighted by Crippen LogP contribution is 2.46. The number of carbonyl (C=O) groups excluding carboxylic acids is 1. The van der Waals surface area contributed by atoms with Crippen molar-refractivity contribution in [1.29, 1.82) is 0 Å². The molecule has 0 spiro atoms. The third-order valence-electron chi connectivity index (χ3n) is 6.30. The summed E-state index contributed by atoms with van der Waals surface area (Å²) < 4.78 is 15.6. The molecule has 1 aliphatic heterocycles.